The van der Waals surface area contributed by atoms with Crippen molar-refractivity contribution < 1.29 is 14.3 Å². The number of fused-ring (bicyclic) bond motifs is 1. The minimum Gasteiger partial charge on any atom is -0.495 e. The molecule has 5 nitrogen and oxygen atoms in total. The molecule has 0 spiro atoms. The maximum Gasteiger partial charge on any atom is 0.243 e. The Morgan fingerprint density at radius 3 is 2.86 bits per heavy atom. The monoisotopic (exact) mass is 298 g/mol. The first-order chi connectivity index (χ1) is 10.8. The quantitative estimate of drug-likeness (QED) is 0.942. The first kappa shape index (κ1) is 14.3. The van der Waals surface area contributed by atoms with Crippen molar-refractivity contribution in [2.75, 3.05) is 37.0 Å². The first-order valence-corrected chi connectivity index (χ1v) is 7.17. The fourth-order valence-electron chi connectivity index (χ4n) is 2.50. The molecule has 5 heteroatoms. The predicted molar refractivity (Wildman–Crippen MR) is 85.8 cm³/mol. The standard InChI is InChI=1S/C17H18N2O3/c1-21-15-8-4-2-6-13(15)18-17(20)12-19-10-11-22-16-9-5-3-7-14(16)19/h2-9H,10-12H2,1H3,(H,18,20). The zero-order valence-corrected chi connectivity index (χ0v) is 12.4. The molecule has 0 aliphatic carbocycles. The summed E-state index contributed by atoms with van der Waals surface area (Å²) in [6.07, 6.45) is 0. The minimum absolute atomic E-state index is 0.0822. The van der Waals surface area contributed by atoms with E-state index in [4.69, 9.17) is 9.47 Å². The molecule has 2 aromatic rings. The molecule has 0 atom stereocenters. The van der Waals surface area contributed by atoms with Crippen molar-refractivity contribution in [3.8, 4) is 11.5 Å². The summed E-state index contributed by atoms with van der Waals surface area (Å²) in [5.41, 5.74) is 1.63. The number of benzene rings is 2. The molecule has 1 amide bonds. The number of nitrogens with zero attached hydrogens (tertiary/aromatic N) is 1. The van der Waals surface area contributed by atoms with Gasteiger partial charge in [0.2, 0.25) is 5.91 Å². The Morgan fingerprint density at radius 1 is 1.23 bits per heavy atom. The van der Waals surface area contributed by atoms with Crippen LogP contribution in [0.2, 0.25) is 0 Å². The van der Waals surface area contributed by atoms with E-state index >= 15 is 0 Å². The van der Waals surface area contributed by atoms with Gasteiger partial charge < -0.3 is 19.7 Å². The summed E-state index contributed by atoms with van der Waals surface area (Å²) in [5, 5.41) is 2.89. The van der Waals surface area contributed by atoms with Crippen LogP contribution in [0.4, 0.5) is 11.4 Å². The van der Waals surface area contributed by atoms with E-state index in [2.05, 4.69) is 5.32 Å². The molecule has 22 heavy (non-hydrogen) atoms. The van der Waals surface area contributed by atoms with Gasteiger partial charge in [-0.25, -0.2) is 0 Å². The third-order valence-corrected chi connectivity index (χ3v) is 3.54. The van der Waals surface area contributed by atoms with Crippen molar-refractivity contribution in [3.63, 3.8) is 0 Å². The highest BCUT2D eigenvalue weighted by Crippen LogP contribution is 2.30. The van der Waals surface area contributed by atoms with Crippen LogP contribution in [-0.2, 0) is 4.79 Å². The second-order valence-electron chi connectivity index (χ2n) is 4.99. The van der Waals surface area contributed by atoms with Gasteiger partial charge in [-0.3, -0.25) is 4.79 Å². The van der Waals surface area contributed by atoms with Gasteiger partial charge in [0.15, 0.2) is 0 Å². The van der Waals surface area contributed by atoms with E-state index < -0.39 is 0 Å². The van der Waals surface area contributed by atoms with Gasteiger partial charge in [0, 0.05) is 0 Å². The number of carbonyl (C=O) groups excluding carboxylic acids is 1. The summed E-state index contributed by atoms with van der Waals surface area (Å²) < 4.78 is 10.8. The topological polar surface area (TPSA) is 50.8 Å². The number of methoxy groups -OCH3 is 1. The van der Waals surface area contributed by atoms with Crippen molar-refractivity contribution in [3.05, 3.63) is 48.5 Å². The fourth-order valence-corrected chi connectivity index (χ4v) is 2.50. The molecule has 0 aromatic heterocycles. The lowest BCUT2D eigenvalue weighted by molar-refractivity contribution is -0.115. The normalized spacial score (nSPS) is 13.0. The van der Waals surface area contributed by atoms with Crippen LogP contribution in [0.5, 0.6) is 11.5 Å². The highest BCUT2D eigenvalue weighted by molar-refractivity contribution is 5.95. The van der Waals surface area contributed by atoms with E-state index in [0.717, 1.165) is 11.4 Å². The number of rotatable bonds is 4. The average Bonchev–Trinajstić information content (AvgIpc) is 2.55. The van der Waals surface area contributed by atoms with Crippen LogP contribution in [0.15, 0.2) is 48.5 Å². The minimum atomic E-state index is -0.0822. The predicted octanol–water partition coefficient (Wildman–Crippen LogP) is 2.53. The lowest BCUT2D eigenvalue weighted by Gasteiger charge is -2.30. The molecular formula is C17H18N2O3. The van der Waals surface area contributed by atoms with Gasteiger partial charge in [0.05, 0.1) is 31.6 Å². The van der Waals surface area contributed by atoms with Gasteiger partial charge in [-0.15, -0.1) is 0 Å². The van der Waals surface area contributed by atoms with Crippen molar-refractivity contribution in [2.24, 2.45) is 0 Å². The fraction of sp³-hybridized carbons (Fsp3) is 0.235. The van der Waals surface area contributed by atoms with Crippen LogP contribution in [-0.4, -0.2) is 32.7 Å². The number of ether oxygens (including phenoxy) is 2. The summed E-state index contributed by atoms with van der Waals surface area (Å²) in [6.45, 7) is 1.55. The lowest BCUT2D eigenvalue weighted by Crippen LogP contribution is -2.38. The van der Waals surface area contributed by atoms with E-state index in [1.807, 2.05) is 53.4 Å². The second-order valence-corrected chi connectivity index (χ2v) is 4.99. The second kappa shape index (κ2) is 6.39. The molecule has 1 N–H and O–H groups in total. The molecule has 2 aromatic carbocycles. The van der Waals surface area contributed by atoms with Crippen molar-refractivity contribution >= 4 is 17.3 Å². The molecule has 1 heterocycles. The number of carbonyl (C=O) groups is 1. The summed E-state index contributed by atoms with van der Waals surface area (Å²) in [7, 11) is 1.59. The van der Waals surface area contributed by atoms with Gasteiger partial charge >= 0.3 is 0 Å². The van der Waals surface area contributed by atoms with E-state index in [0.29, 0.717) is 24.6 Å². The van der Waals surface area contributed by atoms with Crippen LogP contribution >= 0.6 is 0 Å². The summed E-state index contributed by atoms with van der Waals surface area (Å²) in [4.78, 5) is 14.3. The lowest BCUT2D eigenvalue weighted by atomic mass is 10.2. The summed E-state index contributed by atoms with van der Waals surface area (Å²) in [6, 6.07) is 15.1. The summed E-state index contributed by atoms with van der Waals surface area (Å²) in [5.74, 6) is 1.39. The van der Waals surface area contributed by atoms with Gasteiger partial charge in [-0.05, 0) is 24.3 Å². The zero-order valence-electron chi connectivity index (χ0n) is 12.4. The Morgan fingerprint density at radius 2 is 2.00 bits per heavy atom. The Kier molecular flexibility index (Phi) is 4.14. The smallest absolute Gasteiger partial charge is 0.243 e. The highest BCUT2D eigenvalue weighted by atomic mass is 16.5. The molecule has 0 fully saturated rings. The molecule has 1 aliphatic heterocycles. The van der Waals surface area contributed by atoms with E-state index in [1.54, 1.807) is 7.11 Å². The molecule has 3 rings (SSSR count). The molecule has 114 valence electrons. The third-order valence-electron chi connectivity index (χ3n) is 3.54. The number of para-hydroxylation sites is 4. The Hall–Kier alpha value is -2.69. The molecule has 1 aliphatic rings. The highest BCUT2D eigenvalue weighted by Gasteiger charge is 2.20. The number of anilines is 2. The molecule has 0 saturated heterocycles. The van der Waals surface area contributed by atoms with Gasteiger partial charge in [-0.2, -0.15) is 0 Å². The summed E-state index contributed by atoms with van der Waals surface area (Å²) >= 11 is 0. The molecule has 0 bridgehead atoms. The van der Waals surface area contributed by atoms with Gasteiger partial charge in [-0.1, -0.05) is 24.3 Å². The largest absolute Gasteiger partial charge is 0.495 e. The van der Waals surface area contributed by atoms with E-state index in [-0.39, 0.29) is 12.5 Å². The molecule has 0 unspecified atom stereocenters. The Balaban J connectivity index is 1.70. The van der Waals surface area contributed by atoms with Crippen LogP contribution in [0.1, 0.15) is 0 Å². The van der Waals surface area contributed by atoms with Crippen LogP contribution in [0.25, 0.3) is 0 Å². The maximum atomic E-state index is 12.3. The van der Waals surface area contributed by atoms with Crippen LogP contribution in [0, 0.1) is 0 Å². The SMILES string of the molecule is COc1ccccc1NC(=O)CN1CCOc2ccccc21. The zero-order chi connectivity index (χ0) is 15.4. The molecular weight excluding hydrogens is 280 g/mol. The first-order valence-electron chi connectivity index (χ1n) is 7.17. The van der Waals surface area contributed by atoms with Crippen LogP contribution in [0.3, 0.4) is 0 Å². The third kappa shape index (κ3) is 2.98. The maximum absolute atomic E-state index is 12.3. The van der Waals surface area contributed by atoms with Crippen molar-refractivity contribution in [1.82, 2.24) is 0 Å². The Labute approximate surface area is 129 Å². The number of amides is 1. The average molecular weight is 298 g/mol. The Bertz CT molecular complexity index is 672. The number of nitrogens with one attached hydrogen (secondary N) is 1. The van der Waals surface area contributed by atoms with Crippen LogP contribution < -0.4 is 19.7 Å². The van der Waals surface area contributed by atoms with Crippen molar-refractivity contribution in [2.45, 2.75) is 0 Å². The van der Waals surface area contributed by atoms with Crippen molar-refractivity contribution in [1.29, 1.82) is 0 Å². The van der Waals surface area contributed by atoms with E-state index in [9.17, 15) is 4.79 Å². The molecule has 0 saturated carbocycles. The number of hydrogen-bond acceptors (Lipinski definition) is 4. The van der Waals surface area contributed by atoms with Gasteiger partial charge in [0.1, 0.15) is 18.1 Å². The van der Waals surface area contributed by atoms with E-state index in [1.165, 1.54) is 0 Å². The molecule has 0 radical (unpaired) electrons. The number of hydrogen-bond donors (Lipinski definition) is 1. The van der Waals surface area contributed by atoms with Gasteiger partial charge in [0.25, 0.3) is 0 Å².